The van der Waals surface area contributed by atoms with Crippen LogP contribution in [0.5, 0.6) is 0 Å². The van der Waals surface area contributed by atoms with Gasteiger partial charge in [0, 0.05) is 0 Å². The van der Waals surface area contributed by atoms with E-state index in [0.717, 1.165) is 0 Å². The molecule has 0 bridgehead atoms. The second-order valence-corrected chi connectivity index (χ2v) is 0.750. The van der Waals surface area contributed by atoms with Crippen LogP contribution in [0.25, 0.3) is 0 Å². The number of carboxylic acid groups (broad SMARTS) is 6. The maximum atomic E-state index is 8.33. The van der Waals surface area contributed by atoms with Crippen LogP contribution >= 0.6 is 0 Å². The molecule has 0 saturated carbocycles. The zero-order chi connectivity index (χ0) is 10.7. The van der Waals surface area contributed by atoms with Gasteiger partial charge in [0.05, 0.1) is 0 Å². The Morgan fingerprint density at radius 1 is 0.600 bits per heavy atom. The summed E-state index contributed by atoms with van der Waals surface area (Å²) < 4.78 is 0. The molecule has 0 aliphatic rings. The van der Waals surface area contributed by atoms with E-state index in [4.69, 9.17) is 45.0 Å². The van der Waals surface area contributed by atoms with Crippen LogP contribution < -0.4 is 30.6 Å². The van der Waals surface area contributed by atoms with E-state index in [2.05, 4.69) is 0 Å². The normalized spacial score (nSPS) is 4.80. The predicted molar refractivity (Wildman–Crippen MR) is 27.7 cm³/mol. The Bertz CT molecular complexity index is 123. The molecule has 9 nitrogen and oxygen atoms in total. The van der Waals surface area contributed by atoms with Gasteiger partial charge in [0.15, 0.2) is 0 Å². The van der Waals surface area contributed by atoms with Gasteiger partial charge in [0.2, 0.25) is 0 Å². The summed E-state index contributed by atoms with van der Waals surface area (Å²) in [5, 5.41) is 50.0. The molecule has 0 aromatic heterocycles. The quantitative estimate of drug-likeness (QED) is 0.391. The monoisotopic (exact) mass is 299 g/mol. The van der Waals surface area contributed by atoms with E-state index in [1.807, 2.05) is 0 Å². The summed E-state index contributed by atoms with van der Waals surface area (Å²) in [6.45, 7) is 0. The van der Waals surface area contributed by atoms with Gasteiger partial charge in [-0.25, -0.2) is 0 Å². The molecule has 0 heterocycles. The van der Waals surface area contributed by atoms with Crippen LogP contribution in [-0.4, -0.2) is 79.3 Å². The molecule has 0 aromatic rings. The van der Waals surface area contributed by atoms with Crippen molar-refractivity contribution < 1.29 is 62.1 Å². The molecule has 0 unspecified atom stereocenters. The molecule has 0 aliphatic heterocycles. The number of carbonyl (C=O) groups is 3. The Morgan fingerprint density at radius 3 is 0.600 bits per heavy atom. The van der Waals surface area contributed by atoms with E-state index in [9.17, 15) is 0 Å². The summed E-state index contributed by atoms with van der Waals surface area (Å²) in [6, 6.07) is 0. The third-order valence-electron chi connectivity index (χ3n) is 0. The third-order valence-corrected chi connectivity index (χ3v) is 0. The molecular formula is C3CaMgMnO9. The Kier molecular flexibility index (Phi) is 70.5. The standard InChI is InChI=1S/3CH2O3.Ca.Mg.Mn/c3*2-1(3)4;;;/h3*(H2,2,3,4);;;/q;;;3*+2/p-6. The third kappa shape index (κ3) is 17300. The first-order valence-corrected chi connectivity index (χ1v) is 1.84. The molecular weight excluding hydrogens is 299 g/mol. The second kappa shape index (κ2) is 29.3. The number of hydrogen-bond acceptors (Lipinski definition) is 9. The van der Waals surface area contributed by atoms with Gasteiger partial charge in [-0.05, 0) is 18.5 Å². The molecule has 0 N–H and O–H groups in total. The van der Waals surface area contributed by atoms with E-state index in [-0.39, 0.29) is 77.9 Å². The summed E-state index contributed by atoms with van der Waals surface area (Å²) in [6.07, 6.45) is -7.00. The molecule has 0 saturated heterocycles. The maximum absolute atomic E-state index is 8.33. The minimum absolute atomic E-state index is 0. The van der Waals surface area contributed by atoms with E-state index < -0.39 is 18.5 Å². The van der Waals surface area contributed by atoms with E-state index in [1.54, 1.807) is 0 Å². The topological polar surface area (TPSA) is 190 Å². The SMILES string of the molecule is O=C([O-])[O-].O=C([O-])[O-].O=C([O-])[O-].[Ca+2].[Mg+2].[Mn+2]. The van der Waals surface area contributed by atoms with Crippen LogP contribution in [0, 0.1) is 0 Å². The summed E-state index contributed by atoms with van der Waals surface area (Å²) in [5.74, 6) is 0. The molecule has 77 valence electrons. The minimum atomic E-state index is -2.33. The minimum Gasteiger partial charge on any atom is -0.652 e. The van der Waals surface area contributed by atoms with Crippen molar-refractivity contribution in [1.82, 2.24) is 0 Å². The zero-order valence-electron chi connectivity index (χ0n) is 6.97. The summed E-state index contributed by atoms with van der Waals surface area (Å²) in [4.78, 5) is 25.0. The van der Waals surface area contributed by atoms with Crippen molar-refractivity contribution in [1.29, 1.82) is 0 Å². The molecule has 0 amide bonds. The van der Waals surface area contributed by atoms with Crippen molar-refractivity contribution >= 4 is 79.3 Å². The molecule has 0 aromatic carbocycles. The fourth-order valence-electron chi connectivity index (χ4n) is 0. The maximum Gasteiger partial charge on any atom is 2.00 e. The second-order valence-electron chi connectivity index (χ2n) is 0.750. The zero-order valence-corrected chi connectivity index (χ0v) is 11.8. The predicted octanol–water partition coefficient (Wildman–Crippen LogP) is -8.11. The van der Waals surface area contributed by atoms with Crippen molar-refractivity contribution in [3.8, 4) is 0 Å². The number of hydrogen-bond donors (Lipinski definition) is 0. The molecule has 0 spiro atoms. The Morgan fingerprint density at radius 2 is 0.600 bits per heavy atom. The van der Waals surface area contributed by atoms with Gasteiger partial charge >= 0.3 is 77.9 Å². The van der Waals surface area contributed by atoms with Crippen molar-refractivity contribution in [2.45, 2.75) is 0 Å². The van der Waals surface area contributed by atoms with Crippen LogP contribution in [0.4, 0.5) is 14.4 Å². The van der Waals surface area contributed by atoms with Crippen molar-refractivity contribution in [3.05, 3.63) is 0 Å². The molecule has 0 fully saturated rings. The number of carbonyl (C=O) groups excluding carboxylic acids is 3. The largest absolute Gasteiger partial charge is 2.00 e. The summed E-state index contributed by atoms with van der Waals surface area (Å²) in [7, 11) is 0. The van der Waals surface area contributed by atoms with Gasteiger partial charge in [-0.15, -0.1) is 0 Å². The van der Waals surface area contributed by atoms with Crippen molar-refractivity contribution in [3.63, 3.8) is 0 Å². The van der Waals surface area contributed by atoms with Gasteiger partial charge in [-0.1, -0.05) is 0 Å². The average Bonchev–Trinajstić information content (AvgIpc) is 1.54. The van der Waals surface area contributed by atoms with Crippen LogP contribution in [0.2, 0.25) is 0 Å². The number of rotatable bonds is 0. The van der Waals surface area contributed by atoms with Crippen LogP contribution in [-0.2, 0) is 17.1 Å². The van der Waals surface area contributed by atoms with Crippen molar-refractivity contribution in [2.24, 2.45) is 0 Å². The van der Waals surface area contributed by atoms with E-state index in [1.165, 1.54) is 0 Å². The Balaban J connectivity index is -0.0000000184. The average molecular weight is 299 g/mol. The fourth-order valence-corrected chi connectivity index (χ4v) is 0. The molecule has 0 aliphatic carbocycles. The van der Waals surface area contributed by atoms with Crippen LogP contribution in [0.1, 0.15) is 0 Å². The first kappa shape index (κ1) is 36.2. The Hall–Kier alpha value is 0.355. The fraction of sp³-hybridized carbons (Fsp3) is 0. The first-order valence-electron chi connectivity index (χ1n) is 1.84. The molecule has 0 rings (SSSR count). The van der Waals surface area contributed by atoms with Gasteiger partial charge in [0.25, 0.3) is 0 Å². The summed E-state index contributed by atoms with van der Waals surface area (Å²) in [5.41, 5.74) is 0. The van der Waals surface area contributed by atoms with Gasteiger partial charge in [-0.2, -0.15) is 0 Å². The van der Waals surface area contributed by atoms with Crippen LogP contribution in [0.15, 0.2) is 0 Å². The van der Waals surface area contributed by atoms with Gasteiger partial charge in [-0.3, -0.25) is 0 Å². The Labute approximate surface area is 140 Å². The molecule has 1 radical (unpaired) electrons. The summed E-state index contributed by atoms with van der Waals surface area (Å²) >= 11 is 0. The smallest absolute Gasteiger partial charge is 0.652 e. The van der Waals surface area contributed by atoms with Crippen molar-refractivity contribution in [2.75, 3.05) is 0 Å². The van der Waals surface area contributed by atoms with E-state index >= 15 is 0 Å². The molecule has 15 heavy (non-hydrogen) atoms. The van der Waals surface area contributed by atoms with Crippen LogP contribution in [0.3, 0.4) is 0 Å². The molecule has 12 heteroatoms. The van der Waals surface area contributed by atoms with Gasteiger partial charge in [0.1, 0.15) is 0 Å². The van der Waals surface area contributed by atoms with E-state index in [0.29, 0.717) is 0 Å². The van der Waals surface area contributed by atoms with Gasteiger partial charge < -0.3 is 45.0 Å². The molecule has 0 atom stereocenters. The first-order chi connectivity index (χ1) is 5.20.